The van der Waals surface area contributed by atoms with Gasteiger partial charge in [0.2, 0.25) is 0 Å². The molecule has 0 bridgehead atoms. The van der Waals surface area contributed by atoms with E-state index in [1.165, 1.54) is 244 Å². The Labute approximate surface area is 600 Å². The largest absolute Gasteiger partial charge is 0.472 e. The Balaban J connectivity index is 5.22. The predicted molar refractivity (Wildman–Crippen MR) is 400 cm³/mol. The highest BCUT2D eigenvalue weighted by atomic mass is 31.2. The molecular formula is C79H154O17P2. The molecule has 0 aliphatic rings. The molecule has 0 rings (SSSR count). The second kappa shape index (κ2) is 72.0. The highest BCUT2D eigenvalue weighted by molar-refractivity contribution is 7.47. The minimum absolute atomic E-state index is 0.108. The number of hydrogen-bond acceptors (Lipinski definition) is 15. The van der Waals surface area contributed by atoms with Crippen molar-refractivity contribution in [3.05, 3.63) is 0 Å². The molecule has 98 heavy (non-hydrogen) atoms. The molecule has 0 spiro atoms. The zero-order chi connectivity index (χ0) is 71.9. The van der Waals surface area contributed by atoms with Crippen LogP contribution in [0.15, 0.2) is 0 Å². The third-order valence-electron chi connectivity index (χ3n) is 18.5. The second-order valence-electron chi connectivity index (χ2n) is 28.9. The van der Waals surface area contributed by atoms with Gasteiger partial charge in [0.1, 0.15) is 19.3 Å². The zero-order valence-corrected chi connectivity index (χ0v) is 65.7. The molecule has 0 radical (unpaired) electrons. The first-order valence-electron chi connectivity index (χ1n) is 41.1. The van der Waals surface area contributed by atoms with E-state index in [-0.39, 0.29) is 25.7 Å². The molecule has 0 fully saturated rings. The van der Waals surface area contributed by atoms with Gasteiger partial charge in [-0.05, 0) is 31.6 Å². The van der Waals surface area contributed by atoms with Gasteiger partial charge in [-0.1, -0.05) is 369 Å². The summed E-state index contributed by atoms with van der Waals surface area (Å²) in [5.41, 5.74) is 0. The van der Waals surface area contributed by atoms with Crippen molar-refractivity contribution in [1.29, 1.82) is 0 Å². The molecule has 0 aromatic carbocycles. The van der Waals surface area contributed by atoms with E-state index in [1.54, 1.807) is 0 Å². The van der Waals surface area contributed by atoms with Gasteiger partial charge in [-0.3, -0.25) is 37.3 Å². The van der Waals surface area contributed by atoms with Crippen molar-refractivity contribution in [3.8, 4) is 0 Å². The fraction of sp³-hybridized carbons (Fsp3) is 0.949. The van der Waals surface area contributed by atoms with Crippen LogP contribution in [-0.2, 0) is 65.4 Å². The van der Waals surface area contributed by atoms with Crippen LogP contribution < -0.4 is 0 Å². The Morgan fingerprint density at radius 3 is 0.694 bits per heavy atom. The maximum Gasteiger partial charge on any atom is 0.472 e. The molecule has 17 nitrogen and oxygen atoms in total. The van der Waals surface area contributed by atoms with Crippen LogP contribution in [-0.4, -0.2) is 96.7 Å². The van der Waals surface area contributed by atoms with Gasteiger partial charge in [0, 0.05) is 25.7 Å². The SMILES string of the molecule is CCCCCCCCCCCCCCCCCCC(=O)OC[C@H](COP(=O)(O)OC[C@@H](O)COP(=O)(O)OC[C@@H](COC(=O)CCCCCCCCCCC)OC(=O)CCCCCCCCCCCCCCCC)OC(=O)CCCCCCCCCCCCCCCCCCC(C)C. The average molecular weight is 1440 g/mol. The van der Waals surface area contributed by atoms with Crippen molar-refractivity contribution in [2.75, 3.05) is 39.6 Å². The van der Waals surface area contributed by atoms with E-state index in [0.717, 1.165) is 95.8 Å². The van der Waals surface area contributed by atoms with Crippen LogP contribution in [0.25, 0.3) is 0 Å². The smallest absolute Gasteiger partial charge is 0.462 e. The van der Waals surface area contributed by atoms with Crippen molar-refractivity contribution >= 4 is 39.5 Å². The molecule has 582 valence electrons. The third kappa shape index (κ3) is 72.4. The van der Waals surface area contributed by atoms with Crippen molar-refractivity contribution in [2.24, 2.45) is 5.92 Å². The Hall–Kier alpha value is -1.94. The van der Waals surface area contributed by atoms with E-state index in [0.29, 0.717) is 25.7 Å². The van der Waals surface area contributed by atoms with E-state index in [2.05, 4.69) is 34.6 Å². The number of aliphatic hydroxyl groups is 1. The molecule has 0 aliphatic carbocycles. The molecule has 0 aromatic rings. The molecule has 0 heterocycles. The fourth-order valence-electron chi connectivity index (χ4n) is 12.2. The van der Waals surface area contributed by atoms with E-state index in [9.17, 15) is 43.2 Å². The number of carbonyl (C=O) groups is 4. The second-order valence-corrected chi connectivity index (χ2v) is 31.8. The number of ether oxygens (including phenoxy) is 4. The maximum absolute atomic E-state index is 13.1. The lowest BCUT2D eigenvalue weighted by atomic mass is 10.0. The standard InChI is InChI=1S/C79H154O17P2/c1-6-9-12-15-18-21-23-25-27-31-35-38-43-48-53-58-63-77(82)90-69-75(96-79(84)65-60-55-50-45-40-36-32-29-28-30-33-37-42-46-51-56-61-72(4)5)71-94-98(87,88)92-67-73(80)66-91-97(85,86)93-70-74(68-89-76(81)62-57-52-47-41-20-17-14-11-8-3)95-78(83)64-59-54-49-44-39-34-26-24-22-19-16-13-10-7-2/h72-75,80H,6-71H2,1-5H3,(H,85,86)(H,87,88)/t73-,74+,75+/m0/s1. The number of rotatable bonds is 79. The maximum atomic E-state index is 13.1. The topological polar surface area (TPSA) is 237 Å². The molecule has 0 saturated heterocycles. The van der Waals surface area contributed by atoms with Gasteiger partial charge in [0.15, 0.2) is 12.2 Å². The van der Waals surface area contributed by atoms with Crippen molar-refractivity contribution < 1.29 is 80.2 Å². The first kappa shape index (κ1) is 96.1. The molecule has 5 atom stereocenters. The summed E-state index contributed by atoms with van der Waals surface area (Å²) in [5.74, 6) is -1.30. The lowest BCUT2D eigenvalue weighted by Crippen LogP contribution is -2.30. The van der Waals surface area contributed by atoms with Crippen molar-refractivity contribution in [3.63, 3.8) is 0 Å². The van der Waals surface area contributed by atoms with Gasteiger partial charge < -0.3 is 33.8 Å². The summed E-state index contributed by atoms with van der Waals surface area (Å²) in [6.45, 7) is 7.34. The summed E-state index contributed by atoms with van der Waals surface area (Å²) in [6, 6.07) is 0. The highest BCUT2D eigenvalue weighted by Crippen LogP contribution is 2.45. The Morgan fingerprint density at radius 2 is 0.469 bits per heavy atom. The summed E-state index contributed by atoms with van der Waals surface area (Å²) in [5, 5.41) is 10.6. The number of esters is 4. The first-order chi connectivity index (χ1) is 47.5. The van der Waals surface area contributed by atoms with Gasteiger partial charge in [-0.2, -0.15) is 0 Å². The highest BCUT2D eigenvalue weighted by Gasteiger charge is 2.30. The van der Waals surface area contributed by atoms with Crippen LogP contribution in [0, 0.1) is 5.92 Å². The molecule has 0 aliphatic heterocycles. The Morgan fingerprint density at radius 1 is 0.276 bits per heavy atom. The number of phosphoric acid groups is 2. The van der Waals surface area contributed by atoms with Crippen LogP contribution in [0.3, 0.4) is 0 Å². The van der Waals surface area contributed by atoms with Crippen LogP contribution in [0.1, 0.15) is 420 Å². The van der Waals surface area contributed by atoms with E-state index < -0.39 is 97.5 Å². The van der Waals surface area contributed by atoms with Crippen LogP contribution in [0.2, 0.25) is 0 Å². The summed E-state index contributed by atoms with van der Waals surface area (Å²) in [4.78, 5) is 72.9. The third-order valence-corrected chi connectivity index (χ3v) is 20.4. The summed E-state index contributed by atoms with van der Waals surface area (Å²) in [7, 11) is -9.91. The van der Waals surface area contributed by atoms with Gasteiger partial charge in [0.25, 0.3) is 0 Å². The normalized spacial score (nSPS) is 13.9. The van der Waals surface area contributed by atoms with Gasteiger partial charge in [-0.25, -0.2) is 9.13 Å². The molecular weight excluding hydrogens is 1280 g/mol. The van der Waals surface area contributed by atoms with Gasteiger partial charge in [0.05, 0.1) is 26.4 Å². The minimum atomic E-state index is -4.96. The van der Waals surface area contributed by atoms with Crippen LogP contribution >= 0.6 is 15.6 Å². The van der Waals surface area contributed by atoms with Gasteiger partial charge >= 0.3 is 39.5 Å². The molecule has 0 aromatic heterocycles. The van der Waals surface area contributed by atoms with Crippen molar-refractivity contribution in [1.82, 2.24) is 0 Å². The monoisotopic (exact) mass is 1440 g/mol. The number of carbonyl (C=O) groups excluding carboxylic acids is 4. The molecule has 19 heteroatoms. The van der Waals surface area contributed by atoms with E-state index in [1.807, 2.05) is 0 Å². The summed E-state index contributed by atoms with van der Waals surface area (Å²) in [6.07, 6.45) is 62.3. The number of aliphatic hydroxyl groups excluding tert-OH is 1. The predicted octanol–water partition coefficient (Wildman–Crippen LogP) is 23.6. The molecule has 2 unspecified atom stereocenters. The molecule has 3 N–H and O–H groups in total. The number of hydrogen-bond donors (Lipinski definition) is 3. The van der Waals surface area contributed by atoms with Crippen LogP contribution in [0.4, 0.5) is 0 Å². The van der Waals surface area contributed by atoms with Crippen molar-refractivity contribution in [2.45, 2.75) is 438 Å². The Bertz CT molecular complexity index is 1870. The zero-order valence-electron chi connectivity index (χ0n) is 63.9. The first-order valence-corrected chi connectivity index (χ1v) is 44.1. The fourth-order valence-corrected chi connectivity index (χ4v) is 13.8. The molecule has 0 amide bonds. The van der Waals surface area contributed by atoms with Gasteiger partial charge in [-0.15, -0.1) is 0 Å². The summed E-state index contributed by atoms with van der Waals surface area (Å²) < 4.78 is 68.6. The number of phosphoric ester groups is 2. The van der Waals surface area contributed by atoms with E-state index in [4.69, 9.17) is 37.0 Å². The quantitative estimate of drug-likeness (QED) is 0.0222. The lowest BCUT2D eigenvalue weighted by Gasteiger charge is -2.21. The minimum Gasteiger partial charge on any atom is -0.462 e. The number of unbranched alkanes of at least 4 members (excludes halogenated alkanes) is 51. The Kier molecular flexibility index (Phi) is 70.6. The van der Waals surface area contributed by atoms with Crippen LogP contribution in [0.5, 0.6) is 0 Å². The average Bonchev–Trinajstić information content (AvgIpc) is 1.08. The molecule has 0 saturated carbocycles. The lowest BCUT2D eigenvalue weighted by molar-refractivity contribution is -0.161. The summed E-state index contributed by atoms with van der Waals surface area (Å²) >= 11 is 0. The van der Waals surface area contributed by atoms with E-state index >= 15 is 0 Å².